The molecule has 0 aromatic carbocycles. The first kappa shape index (κ1) is 14.9. The second kappa shape index (κ2) is 5.61. The van der Waals surface area contributed by atoms with E-state index >= 15 is 0 Å². The zero-order valence-corrected chi connectivity index (χ0v) is 13.9. The first-order chi connectivity index (χ1) is 10.1. The van der Waals surface area contributed by atoms with Gasteiger partial charge in [-0.1, -0.05) is 0 Å². The summed E-state index contributed by atoms with van der Waals surface area (Å²) in [6.45, 7) is 6.95. The van der Waals surface area contributed by atoms with Crippen LogP contribution in [0.25, 0.3) is 11.2 Å². The van der Waals surface area contributed by atoms with Crippen LogP contribution < -0.4 is 0 Å². The normalized spacial score (nSPS) is 24.0. The van der Waals surface area contributed by atoms with Crippen molar-refractivity contribution in [3.05, 3.63) is 11.5 Å². The molecule has 116 valence electrons. The Hall–Kier alpha value is -1.07. The minimum absolute atomic E-state index is 0.108. The molecule has 1 aliphatic rings. The van der Waals surface area contributed by atoms with E-state index in [0.29, 0.717) is 12.1 Å². The van der Waals surface area contributed by atoms with Crippen LogP contribution in [0, 0.1) is 6.92 Å². The minimum Gasteiger partial charge on any atom is -0.381 e. The van der Waals surface area contributed by atoms with Crippen molar-refractivity contribution in [1.29, 1.82) is 0 Å². The van der Waals surface area contributed by atoms with E-state index in [4.69, 9.17) is 21.3 Å². The number of methoxy groups -OCH3 is 1. The van der Waals surface area contributed by atoms with Crippen molar-refractivity contribution in [3.63, 3.8) is 0 Å². The smallest absolute Gasteiger partial charge is 0.159 e. The highest BCUT2D eigenvalue weighted by Gasteiger charge is 2.31. The van der Waals surface area contributed by atoms with Gasteiger partial charge in [0.05, 0.1) is 17.2 Å². The molecule has 1 saturated carbocycles. The Morgan fingerprint density at radius 1 is 1.43 bits per heavy atom. The van der Waals surface area contributed by atoms with Crippen LogP contribution >= 0.6 is 11.6 Å². The molecule has 2 aromatic rings. The van der Waals surface area contributed by atoms with Gasteiger partial charge in [-0.2, -0.15) is 5.10 Å². The summed E-state index contributed by atoms with van der Waals surface area (Å²) >= 11 is 6.39. The molecule has 0 spiro atoms. The molecule has 0 amide bonds. The number of nitrogens with zero attached hydrogens (tertiary/aromatic N) is 4. The van der Waals surface area contributed by atoms with E-state index in [1.165, 1.54) is 0 Å². The highest BCUT2D eigenvalue weighted by Crippen LogP contribution is 2.38. The number of aryl methyl sites for hydroxylation is 2. The lowest BCUT2D eigenvalue weighted by Gasteiger charge is -2.18. The zero-order valence-electron chi connectivity index (χ0n) is 13.1. The molecule has 2 aromatic heterocycles. The molecular weight excluding hydrogens is 288 g/mol. The van der Waals surface area contributed by atoms with E-state index in [-0.39, 0.29) is 5.38 Å². The molecule has 0 radical (unpaired) electrons. The van der Waals surface area contributed by atoms with E-state index in [2.05, 4.69) is 16.6 Å². The van der Waals surface area contributed by atoms with Gasteiger partial charge in [0.15, 0.2) is 5.65 Å². The number of halogens is 1. The van der Waals surface area contributed by atoms with Gasteiger partial charge in [-0.3, -0.25) is 0 Å². The van der Waals surface area contributed by atoms with Crippen molar-refractivity contribution < 1.29 is 4.74 Å². The fraction of sp³-hybridized carbons (Fsp3) is 0.733. The molecular formula is C15H23ClN4O. The lowest BCUT2D eigenvalue weighted by atomic mass is 10.2. The van der Waals surface area contributed by atoms with Crippen molar-refractivity contribution in [2.75, 3.05) is 7.11 Å². The molecule has 3 atom stereocenters. The first-order valence-corrected chi connectivity index (χ1v) is 8.12. The predicted molar refractivity (Wildman–Crippen MR) is 83.9 cm³/mol. The van der Waals surface area contributed by atoms with Crippen LogP contribution in [0.3, 0.4) is 0 Å². The third kappa shape index (κ3) is 2.36. The Morgan fingerprint density at radius 2 is 2.19 bits per heavy atom. The van der Waals surface area contributed by atoms with E-state index in [0.717, 1.165) is 48.5 Å². The Morgan fingerprint density at radius 3 is 2.76 bits per heavy atom. The van der Waals surface area contributed by atoms with Gasteiger partial charge in [-0.05, 0) is 40.0 Å². The van der Waals surface area contributed by atoms with Gasteiger partial charge in [0, 0.05) is 19.7 Å². The molecule has 21 heavy (non-hydrogen) atoms. The van der Waals surface area contributed by atoms with Crippen molar-refractivity contribution in [2.45, 2.75) is 64.1 Å². The topological polar surface area (TPSA) is 44.9 Å². The minimum atomic E-state index is -0.108. The number of aromatic nitrogens is 4. The highest BCUT2D eigenvalue weighted by atomic mass is 35.5. The highest BCUT2D eigenvalue weighted by molar-refractivity contribution is 6.20. The Balaban J connectivity index is 2.16. The van der Waals surface area contributed by atoms with E-state index in [1.807, 2.05) is 18.5 Å². The van der Waals surface area contributed by atoms with Crippen LogP contribution in [-0.2, 0) is 11.3 Å². The molecule has 0 N–H and O–H groups in total. The monoisotopic (exact) mass is 310 g/mol. The van der Waals surface area contributed by atoms with Crippen molar-refractivity contribution in [1.82, 2.24) is 19.3 Å². The Kier molecular flexibility index (Phi) is 3.97. The van der Waals surface area contributed by atoms with Gasteiger partial charge >= 0.3 is 0 Å². The van der Waals surface area contributed by atoms with E-state index in [9.17, 15) is 0 Å². The van der Waals surface area contributed by atoms with E-state index in [1.54, 1.807) is 7.11 Å². The summed E-state index contributed by atoms with van der Waals surface area (Å²) < 4.78 is 9.88. The molecule has 3 rings (SSSR count). The quantitative estimate of drug-likeness (QED) is 0.810. The molecule has 0 saturated heterocycles. The molecule has 3 unspecified atom stereocenters. The molecule has 2 heterocycles. The largest absolute Gasteiger partial charge is 0.381 e. The summed E-state index contributed by atoms with van der Waals surface area (Å²) in [6.07, 6.45) is 3.56. The maximum atomic E-state index is 6.39. The van der Waals surface area contributed by atoms with Gasteiger partial charge < -0.3 is 9.30 Å². The number of rotatable bonds is 4. The maximum Gasteiger partial charge on any atom is 0.159 e. The molecule has 1 aliphatic carbocycles. The lowest BCUT2D eigenvalue weighted by molar-refractivity contribution is 0.106. The molecule has 1 fully saturated rings. The summed E-state index contributed by atoms with van der Waals surface area (Å²) in [5.74, 6) is 0.955. The number of alkyl halides is 1. The van der Waals surface area contributed by atoms with Crippen LogP contribution in [0.4, 0.5) is 0 Å². The SMILES string of the molecule is CCn1nc(C)c2nc(C(C)Cl)n(C3CCC(OC)C3)c21. The zero-order chi connectivity index (χ0) is 15.1. The average Bonchev–Trinajstić information content (AvgIpc) is 3.13. The van der Waals surface area contributed by atoms with Gasteiger partial charge in [-0.15, -0.1) is 11.6 Å². The second-order valence-electron chi connectivity index (χ2n) is 5.85. The van der Waals surface area contributed by atoms with Crippen LogP contribution in [0.2, 0.25) is 0 Å². The molecule has 5 nitrogen and oxygen atoms in total. The molecule has 6 heteroatoms. The number of imidazole rings is 1. The molecule has 0 aliphatic heterocycles. The second-order valence-corrected chi connectivity index (χ2v) is 6.51. The van der Waals surface area contributed by atoms with Gasteiger partial charge in [0.2, 0.25) is 0 Å². The fourth-order valence-electron chi connectivity index (χ4n) is 3.43. The van der Waals surface area contributed by atoms with Crippen molar-refractivity contribution in [3.8, 4) is 0 Å². The number of hydrogen-bond acceptors (Lipinski definition) is 3. The average molecular weight is 311 g/mol. The van der Waals surface area contributed by atoms with Gasteiger partial charge in [0.25, 0.3) is 0 Å². The number of ether oxygens (including phenoxy) is 1. The number of hydrogen-bond donors (Lipinski definition) is 0. The van der Waals surface area contributed by atoms with Crippen LogP contribution in [0.15, 0.2) is 0 Å². The summed E-state index contributed by atoms with van der Waals surface area (Å²) in [5, 5.41) is 4.49. The number of fused-ring (bicyclic) bond motifs is 1. The van der Waals surface area contributed by atoms with Crippen LogP contribution in [0.5, 0.6) is 0 Å². The van der Waals surface area contributed by atoms with Crippen molar-refractivity contribution in [2.24, 2.45) is 0 Å². The Bertz CT molecular complexity index is 646. The van der Waals surface area contributed by atoms with Crippen molar-refractivity contribution >= 4 is 22.8 Å². The summed E-state index contributed by atoms with van der Waals surface area (Å²) in [4.78, 5) is 4.78. The van der Waals surface area contributed by atoms with E-state index < -0.39 is 0 Å². The predicted octanol–water partition coefficient (Wildman–Crippen LogP) is 3.60. The van der Waals surface area contributed by atoms with Gasteiger partial charge in [-0.25, -0.2) is 9.67 Å². The molecule has 0 bridgehead atoms. The summed E-state index contributed by atoms with van der Waals surface area (Å²) in [7, 11) is 1.79. The third-order valence-corrected chi connectivity index (χ3v) is 4.68. The first-order valence-electron chi connectivity index (χ1n) is 7.68. The summed E-state index contributed by atoms with van der Waals surface area (Å²) in [5.41, 5.74) is 3.07. The third-order valence-electron chi connectivity index (χ3n) is 4.48. The fourth-order valence-corrected chi connectivity index (χ4v) is 3.59. The standard InChI is InChI=1S/C15H23ClN4O/c1-5-19-15-13(10(3)18-19)17-14(9(2)16)20(15)11-6-7-12(8-11)21-4/h9,11-12H,5-8H2,1-4H3. The maximum absolute atomic E-state index is 6.39. The lowest BCUT2D eigenvalue weighted by Crippen LogP contribution is -2.15. The van der Waals surface area contributed by atoms with Crippen LogP contribution in [0.1, 0.15) is 56.0 Å². The van der Waals surface area contributed by atoms with Crippen LogP contribution in [-0.4, -0.2) is 32.5 Å². The Labute approximate surface area is 130 Å². The van der Waals surface area contributed by atoms with Gasteiger partial charge in [0.1, 0.15) is 11.3 Å². The summed E-state index contributed by atoms with van der Waals surface area (Å²) in [6, 6.07) is 0.401.